The largest absolute Gasteiger partial charge is 0.378 e. The van der Waals surface area contributed by atoms with Crippen molar-refractivity contribution in [3.63, 3.8) is 0 Å². The Balaban J connectivity index is 1.55. The van der Waals surface area contributed by atoms with Crippen molar-refractivity contribution < 1.29 is 13.2 Å². The van der Waals surface area contributed by atoms with Gasteiger partial charge >= 0.3 is 0 Å². The lowest BCUT2D eigenvalue weighted by molar-refractivity contribution is 0.122. The Bertz CT molecular complexity index is 1340. The van der Waals surface area contributed by atoms with Crippen LogP contribution in [0.25, 0.3) is 32.0 Å². The van der Waals surface area contributed by atoms with Crippen LogP contribution in [0.1, 0.15) is 5.69 Å². The number of anilines is 2. The van der Waals surface area contributed by atoms with E-state index in [2.05, 4.69) is 24.6 Å². The predicted octanol–water partition coefficient (Wildman–Crippen LogP) is 1.25. The molecule has 5 heterocycles. The maximum Gasteiger partial charge on any atom is 0.219 e. The molecule has 0 aliphatic carbocycles. The molecule has 0 aromatic carbocycles. The van der Waals surface area contributed by atoms with E-state index in [4.69, 9.17) is 20.4 Å². The molecular formula is C20H20N8O3S2. The zero-order valence-corrected chi connectivity index (χ0v) is 19.1. The minimum Gasteiger partial charge on any atom is -0.378 e. The molecule has 13 heteroatoms. The zero-order valence-electron chi connectivity index (χ0n) is 17.3. The van der Waals surface area contributed by atoms with Crippen LogP contribution in [0.5, 0.6) is 0 Å². The molecule has 11 nitrogen and oxygen atoms in total. The average molecular weight is 485 g/mol. The first kappa shape index (κ1) is 21.6. The summed E-state index contributed by atoms with van der Waals surface area (Å²) >= 11 is 1.59. The van der Waals surface area contributed by atoms with Crippen molar-refractivity contribution >= 4 is 44.2 Å². The highest BCUT2D eigenvalue weighted by Gasteiger charge is 2.21. The number of nitrogen functional groups attached to an aromatic ring is 1. The average Bonchev–Trinajstić information content (AvgIpc) is 3.28. The van der Waals surface area contributed by atoms with Crippen LogP contribution < -0.4 is 15.4 Å². The summed E-state index contributed by atoms with van der Waals surface area (Å²) in [6.07, 6.45) is 4.97. The molecule has 33 heavy (non-hydrogen) atoms. The van der Waals surface area contributed by atoms with E-state index in [0.717, 1.165) is 39.6 Å². The first-order chi connectivity index (χ1) is 16.1. The number of thiol groups is 1. The van der Waals surface area contributed by atoms with E-state index < -0.39 is 10.9 Å². The molecule has 0 spiro atoms. The standard InChI is InChI=1S/C20H20N8O3S2/c21-20-23-9-13(10-24-20)18-26-15-7-16(12-1-2-14(22-8-12)11-25-33(29)30)32-17(15)19(27-18)28-3-5-31-6-4-28/h1-2,7-10,33H,3-6,11H2,(H2,21,23,24)(H,25,29,30). The predicted molar refractivity (Wildman–Crippen MR) is 126 cm³/mol. The fourth-order valence-electron chi connectivity index (χ4n) is 3.45. The van der Waals surface area contributed by atoms with Gasteiger partial charge in [-0.25, -0.2) is 33.1 Å². The normalized spacial score (nSPS) is 14.3. The molecule has 1 aliphatic heterocycles. The number of rotatable bonds is 6. The minimum atomic E-state index is -2.66. The Morgan fingerprint density at radius 3 is 2.52 bits per heavy atom. The number of aromatic nitrogens is 5. The van der Waals surface area contributed by atoms with E-state index in [0.29, 0.717) is 30.3 Å². The van der Waals surface area contributed by atoms with Gasteiger partial charge in [0.2, 0.25) is 16.8 Å². The summed E-state index contributed by atoms with van der Waals surface area (Å²) in [5.41, 5.74) is 8.68. The first-order valence-electron chi connectivity index (χ1n) is 10.1. The second-order valence-electron chi connectivity index (χ2n) is 7.26. The monoisotopic (exact) mass is 484 g/mol. The van der Waals surface area contributed by atoms with E-state index in [1.54, 1.807) is 36.0 Å². The van der Waals surface area contributed by atoms with Gasteiger partial charge in [0.25, 0.3) is 0 Å². The van der Waals surface area contributed by atoms with E-state index >= 15 is 0 Å². The Morgan fingerprint density at radius 1 is 1.06 bits per heavy atom. The second-order valence-corrected chi connectivity index (χ2v) is 9.14. The van der Waals surface area contributed by atoms with Gasteiger partial charge in [-0.15, -0.1) is 11.3 Å². The Labute approximate surface area is 194 Å². The summed E-state index contributed by atoms with van der Waals surface area (Å²) in [5.74, 6) is 1.57. The number of nitrogens with one attached hydrogen (secondary N) is 1. The molecule has 1 aliphatic rings. The van der Waals surface area contributed by atoms with E-state index in [1.165, 1.54) is 0 Å². The van der Waals surface area contributed by atoms with Crippen LogP contribution in [-0.4, -0.2) is 59.6 Å². The van der Waals surface area contributed by atoms with Crippen LogP contribution in [0, 0.1) is 0 Å². The van der Waals surface area contributed by atoms with Gasteiger partial charge in [-0.1, -0.05) is 6.07 Å². The highest BCUT2D eigenvalue weighted by atomic mass is 32.2. The van der Waals surface area contributed by atoms with Crippen LogP contribution in [-0.2, 0) is 22.2 Å². The molecule has 5 rings (SSSR count). The van der Waals surface area contributed by atoms with Crippen LogP contribution in [0.15, 0.2) is 36.8 Å². The molecule has 0 radical (unpaired) electrons. The molecule has 0 unspecified atom stereocenters. The van der Waals surface area contributed by atoms with E-state index in [9.17, 15) is 8.42 Å². The second kappa shape index (κ2) is 9.31. The highest BCUT2D eigenvalue weighted by molar-refractivity contribution is 7.70. The molecular weight excluding hydrogens is 464 g/mol. The third-order valence-electron chi connectivity index (χ3n) is 5.09. The third-order valence-corrected chi connectivity index (χ3v) is 6.68. The number of pyridine rings is 1. The quantitative estimate of drug-likeness (QED) is 0.341. The van der Waals surface area contributed by atoms with Crippen molar-refractivity contribution in [1.82, 2.24) is 29.6 Å². The molecule has 3 N–H and O–H groups in total. The van der Waals surface area contributed by atoms with Crippen molar-refractivity contribution in [1.29, 1.82) is 0 Å². The van der Waals surface area contributed by atoms with Gasteiger partial charge in [-0.3, -0.25) is 4.98 Å². The molecule has 0 atom stereocenters. The zero-order chi connectivity index (χ0) is 22.8. The van der Waals surface area contributed by atoms with Crippen molar-refractivity contribution in [2.24, 2.45) is 0 Å². The van der Waals surface area contributed by atoms with Gasteiger partial charge in [0.1, 0.15) is 0 Å². The molecule has 0 bridgehead atoms. The summed E-state index contributed by atoms with van der Waals surface area (Å²) in [5, 5.41) is 0. The number of hydrogen-bond acceptors (Lipinski definition) is 11. The lowest BCUT2D eigenvalue weighted by Gasteiger charge is -2.28. The summed E-state index contributed by atoms with van der Waals surface area (Å²) in [6.45, 7) is 2.91. The summed E-state index contributed by atoms with van der Waals surface area (Å²) in [4.78, 5) is 25.3. The number of fused-ring (bicyclic) bond motifs is 1. The number of morpholine rings is 1. The third kappa shape index (κ3) is 4.75. The molecule has 4 aromatic heterocycles. The number of thiophene rings is 1. The Kier molecular flexibility index (Phi) is 6.09. The fraction of sp³-hybridized carbons (Fsp3) is 0.250. The van der Waals surface area contributed by atoms with Crippen molar-refractivity contribution in [2.45, 2.75) is 6.54 Å². The van der Waals surface area contributed by atoms with Gasteiger partial charge in [0, 0.05) is 42.1 Å². The summed E-state index contributed by atoms with van der Waals surface area (Å²) in [6, 6.07) is 5.73. The maximum absolute atomic E-state index is 10.7. The molecule has 1 saturated heterocycles. The lowest BCUT2D eigenvalue weighted by atomic mass is 10.2. The van der Waals surface area contributed by atoms with Gasteiger partial charge in [0.05, 0.1) is 41.2 Å². The van der Waals surface area contributed by atoms with Gasteiger partial charge < -0.3 is 15.4 Å². The number of hydrogen-bond donors (Lipinski definition) is 3. The Morgan fingerprint density at radius 2 is 1.82 bits per heavy atom. The topological polar surface area (TPSA) is 149 Å². The van der Waals surface area contributed by atoms with Gasteiger partial charge in [-0.2, -0.15) is 0 Å². The van der Waals surface area contributed by atoms with E-state index in [1.807, 2.05) is 12.1 Å². The highest BCUT2D eigenvalue weighted by Crippen LogP contribution is 2.38. The van der Waals surface area contributed by atoms with Crippen molar-refractivity contribution in [3.8, 4) is 21.8 Å². The van der Waals surface area contributed by atoms with Crippen LogP contribution in [0.2, 0.25) is 0 Å². The number of nitrogens with zero attached hydrogens (tertiary/aromatic N) is 6. The van der Waals surface area contributed by atoms with Crippen molar-refractivity contribution in [3.05, 3.63) is 42.5 Å². The van der Waals surface area contributed by atoms with Crippen LogP contribution in [0.4, 0.5) is 11.8 Å². The number of nitrogens with two attached hydrogens (primary N) is 1. The Hall–Kier alpha value is -3.26. The van der Waals surface area contributed by atoms with Crippen molar-refractivity contribution in [2.75, 3.05) is 36.9 Å². The maximum atomic E-state index is 10.7. The smallest absolute Gasteiger partial charge is 0.219 e. The van der Waals surface area contributed by atoms with Crippen LogP contribution in [0.3, 0.4) is 0 Å². The first-order valence-corrected chi connectivity index (χ1v) is 12.1. The molecule has 170 valence electrons. The lowest BCUT2D eigenvalue weighted by Crippen LogP contribution is -2.36. The molecule has 4 aromatic rings. The fourth-order valence-corrected chi connectivity index (χ4v) is 4.84. The summed E-state index contributed by atoms with van der Waals surface area (Å²) < 4.78 is 30.3. The van der Waals surface area contributed by atoms with Crippen LogP contribution >= 0.6 is 11.3 Å². The summed E-state index contributed by atoms with van der Waals surface area (Å²) in [7, 11) is -2.66. The number of ether oxygens (including phenoxy) is 1. The minimum absolute atomic E-state index is 0.158. The van der Waals surface area contributed by atoms with Gasteiger partial charge in [-0.05, 0) is 12.1 Å². The van der Waals surface area contributed by atoms with Gasteiger partial charge in [0.15, 0.2) is 11.6 Å². The molecule has 0 saturated carbocycles. The van der Waals surface area contributed by atoms with E-state index in [-0.39, 0.29) is 12.5 Å². The SMILES string of the molecule is Nc1ncc(-c2nc(N3CCOCC3)c3sc(-c4ccc(CN[SH](=O)=O)nc4)cc3n2)cn1. The molecule has 0 amide bonds. The molecule has 1 fully saturated rings.